The lowest BCUT2D eigenvalue weighted by atomic mass is 10.1. The molecule has 0 aliphatic heterocycles. The summed E-state index contributed by atoms with van der Waals surface area (Å²) in [5, 5.41) is 4.28. The second kappa shape index (κ2) is 3.69. The van der Waals surface area contributed by atoms with Crippen LogP contribution in [-0.4, -0.2) is 16.1 Å². The molecule has 0 radical (unpaired) electrons. The molecule has 0 saturated carbocycles. The third kappa shape index (κ3) is 1.81. The van der Waals surface area contributed by atoms with Crippen LogP contribution in [0.3, 0.4) is 0 Å². The van der Waals surface area contributed by atoms with E-state index in [0.29, 0.717) is 5.56 Å². The van der Waals surface area contributed by atoms with Crippen LogP contribution in [0.1, 0.15) is 21.6 Å². The number of carbonyl (C=O) groups excluding carboxylic acids is 1. The van der Waals surface area contributed by atoms with Gasteiger partial charge in [-0.15, -0.1) is 0 Å². The standard InChI is InChI=1S/C12H12N2O/c1-9-3-4-12(11(7-9)8-15)14-6-5-10(2)13-14/h3-8H,1-2H3. The summed E-state index contributed by atoms with van der Waals surface area (Å²) in [5.41, 5.74) is 3.50. The first kappa shape index (κ1) is 9.65. The Morgan fingerprint density at radius 3 is 2.67 bits per heavy atom. The average Bonchev–Trinajstić information content (AvgIpc) is 2.64. The SMILES string of the molecule is Cc1ccc(-n2ccc(C)n2)c(C=O)c1. The van der Waals surface area contributed by atoms with Crippen molar-refractivity contribution in [3.05, 3.63) is 47.3 Å². The molecule has 2 aromatic rings. The van der Waals surface area contributed by atoms with Crippen molar-refractivity contribution in [2.24, 2.45) is 0 Å². The first-order valence-electron chi connectivity index (χ1n) is 4.79. The molecule has 0 atom stereocenters. The van der Waals surface area contributed by atoms with Gasteiger partial charge in [-0.2, -0.15) is 5.10 Å². The van der Waals surface area contributed by atoms with E-state index in [1.54, 1.807) is 4.68 Å². The minimum Gasteiger partial charge on any atom is -0.298 e. The van der Waals surface area contributed by atoms with Crippen molar-refractivity contribution < 1.29 is 4.79 Å². The minimum atomic E-state index is 0.665. The summed E-state index contributed by atoms with van der Waals surface area (Å²) in [6.45, 7) is 3.89. The van der Waals surface area contributed by atoms with Crippen molar-refractivity contribution in [1.82, 2.24) is 9.78 Å². The van der Waals surface area contributed by atoms with Crippen molar-refractivity contribution in [1.29, 1.82) is 0 Å². The molecule has 0 amide bonds. The summed E-state index contributed by atoms with van der Waals surface area (Å²) in [4.78, 5) is 10.9. The summed E-state index contributed by atoms with van der Waals surface area (Å²) in [6, 6.07) is 7.65. The van der Waals surface area contributed by atoms with E-state index in [2.05, 4.69) is 5.10 Å². The Morgan fingerprint density at radius 1 is 1.27 bits per heavy atom. The van der Waals surface area contributed by atoms with Gasteiger partial charge in [0.1, 0.15) is 0 Å². The van der Waals surface area contributed by atoms with Crippen molar-refractivity contribution in [3.8, 4) is 5.69 Å². The number of carbonyl (C=O) groups is 1. The molecule has 3 nitrogen and oxygen atoms in total. The minimum absolute atomic E-state index is 0.665. The van der Waals surface area contributed by atoms with Crippen LogP contribution in [0, 0.1) is 13.8 Å². The lowest BCUT2D eigenvalue weighted by Gasteiger charge is -2.05. The van der Waals surface area contributed by atoms with Gasteiger partial charge in [0.2, 0.25) is 0 Å². The fourth-order valence-corrected chi connectivity index (χ4v) is 1.53. The Bertz CT molecular complexity index is 500. The molecule has 3 heteroatoms. The Kier molecular flexibility index (Phi) is 2.37. The van der Waals surface area contributed by atoms with Gasteiger partial charge >= 0.3 is 0 Å². The summed E-state index contributed by atoms with van der Waals surface area (Å²) in [7, 11) is 0. The highest BCUT2D eigenvalue weighted by Gasteiger charge is 2.04. The van der Waals surface area contributed by atoms with E-state index < -0.39 is 0 Å². The molecular weight excluding hydrogens is 188 g/mol. The number of rotatable bonds is 2. The Morgan fingerprint density at radius 2 is 2.07 bits per heavy atom. The van der Waals surface area contributed by atoms with Crippen LogP contribution >= 0.6 is 0 Å². The van der Waals surface area contributed by atoms with Crippen LogP contribution in [0.4, 0.5) is 0 Å². The summed E-state index contributed by atoms with van der Waals surface area (Å²) in [6.07, 6.45) is 2.71. The molecule has 0 bridgehead atoms. The second-order valence-electron chi connectivity index (χ2n) is 3.58. The molecular formula is C12H12N2O. The zero-order chi connectivity index (χ0) is 10.8. The number of hydrogen-bond donors (Lipinski definition) is 0. The van der Waals surface area contributed by atoms with Gasteiger partial charge in [0.25, 0.3) is 0 Å². The molecule has 0 aliphatic rings. The average molecular weight is 200 g/mol. The molecule has 0 fully saturated rings. The molecule has 1 aromatic carbocycles. The second-order valence-corrected chi connectivity index (χ2v) is 3.58. The van der Waals surface area contributed by atoms with E-state index in [-0.39, 0.29) is 0 Å². The van der Waals surface area contributed by atoms with E-state index in [1.807, 2.05) is 44.3 Å². The molecule has 2 rings (SSSR count). The number of nitrogens with zero attached hydrogens (tertiary/aromatic N) is 2. The van der Waals surface area contributed by atoms with E-state index in [9.17, 15) is 4.79 Å². The normalized spacial score (nSPS) is 10.3. The third-order valence-electron chi connectivity index (χ3n) is 2.28. The van der Waals surface area contributed by atoms with Gasteiger partial charge in [-0.3, -0.25) is 4.79 Å². The summed E-state index contributed by atoms with van der Waals surface area (Å²) < 4.78 is 1.72. The first-order chi connectivity index (χ1) is 7.20. The Balaban J connectivity index is 2.57. The number of aldehydes is 1. The van der Waals surface area contributed by atoms with Crippen LogP contribution in [0.25, 0.3) is 5.69 Å². The number of benzene rings is 1. The molecule has 1 heterocycles. The van der Waals surface area contributed by atoms with E-state index in [4.69, 9.17) is 0 Å². The van der Waals surface area contributed by atoms with Gasteiger partial charge in [-0.05, 0) is 32.0 Å². The van der Waals surface area contributed by atoms with E-state index in [0.717, 1.165) is 23.2 Å². The largest absolute Gasteiger partial charge is 0.298 e. The van der Waals surface area contributed by atoms with Gasteiger partial charge in [-0.1, -0.05) is 11.6 Å². The Hall–Kier alpha value is -1.90. The van der Waals surface area contributed by atoms with Crippen LogP contribution in [-0.2, 0) is 0 Å². The molecule has 0 aliphatic carbocycles. The highest BCUT2D eigenvalue weighted by Crippen LogP contribution is 2.14. The Labute approximate surface area is 88.4 Å². The van der Waals surface area contributed by atoms with Gasteiger partial charge in [0.05, 0.1) is 11.4 Å². The highest BCUT2D eigenvalue weighted by atomic mass is 16.1. The van der Waals surface area contributed by atoms with Crippen LogP contribution in [0.5, 0.6) is 0 Å². The molecule has 15 heavy (non-hydrogen) atoms. The van der Waals surface area contributed by atoms with Crippen molar-refractivity contribution in [2.45, 2.75) is 13.8 Å². The molecule has 0 unspecified atom stereocenters. The molecule has 0 saturated heterocycles. The van der Waals surface area contributed by atoms with E-state index in [1.165, 1.54) is 0 Å². The predicted octanol–water partition coefficient (Wildman–Crippen LogP) is 2.30. The first-order valence-corrected chi connectivity index (χ1v) is 4.79. The van der Waals surface area contributed by atoms with Crippen molar-refractivity contribution >= 4 is 6.29 Å². The predicted molar refractivity (Wildman–Crippen MR) is 58.4 cm³/mol. The lowest BCUT2D eigenvalue weighted by Crippen LogP contribution is -2.00. The molecule has 76 valence electrons. The zero-order valence-corrected chi connectivity index (χ0v) is 8.77. The summed E-state index contributed by atoms with van der Waals surface area (Å²) >= 11 is 0. The van der Waals surface area contributed by atoms with Gasteiger partial charge in [0, 0.05) is 11.8 Å². The number of aryl methyl sites for hydroxylation is 2. The third-order valence-corrected chi connectivity index (χ3v) is 2.28. The smallest absolute Gasteiger partial charge is 0.152 e. The zero-order valence-electron chi connectivity index (χ0n) is 8.77. The fraction of sp³-hybridized carbons (Fsp3) is 0.167. The molecule has 0 spiro atoms. The quantitative estimate of drug-likeness (QED) is 0.697. The van der Waals surface area contributed by atoms with Crippen LogP contribution < -0.4 is 0 Å². The van der Waals surface area contributed by atoms with Crippen LogP contribution in [0.15, 0.2) is 30.5 Å². The highest BCUT2D eigenvalue weighted by molar-refractivity contribution is 5.81. The van der Waals surface area contributed by atoms with Gasteiger partial charge in [0.15, 0.2) is 6.29 Å². The molecule has 1 aromatic heterocycles. The topological polar surface area (TPSA) is 34.9 Å². The van der Waals surface area contributed by atoms with Crippen molar-refractivity contribution in [2.75, 3.05) is 0 Å². The number of aromatic nitrogens is 2. The summed E-state index contributed by atoms with van der Waals surface area (Å²) in [5.74, 6) is 0. The van der Waals surface area contributed by atoms with Crippen molar-refractivity contribution in [3.63, 3.8) is 0 Å². The van der Waals surface area contributed by atoms with Crippen LogP contribution in [0.2, 0.25) is 0 Å². The van der Waals surface area contributed by atoms with Gasteiger partial charge < -0.3 is 0 Å². The molecule has 0 N–H and O–H groups in total. The van der Waals surface area contributed by atoms with E-state index >= 15 is 0 Å². The lowest BCUT2D eigenvalue weighted by molar-refractivity contribution is 0.112. The monoisotopic (exact) mass is 200 g/mol. The fourth-order valence-electron chi connectivity index (χ4n) is 1.53. The van der Waals surface area contributed by atoms with Gasteiger partial charge in [-0.25, -0.2) is 4.68 Å². The maximum absolute atomic E-state index is 10.9. The maximum atomic E-state index is 10.9. The number of hydrogen-bond acceptors (Lipinski definition) is 2. The maximum Gasteiger partial charge on any atom is 0.152 e.